The largest absolute Gasteiger partial charge is 0.396 e. The third-order valence-electron chi connectivity index (χ3n) is 3.77. The average molecular weight is 251 g/mol. The maximum absolute atomic E-state index is 11.4. The van der Waals surface area contributed by atoms with Gasteiger partial charge in [0, 0.05) is 24.4 Å². The highest BCUT2D eigenvalue weighted by molar-refractivity contribution is 5.33. The summed E-state index contributed by atoms with van der Waals surface area (Å²) < 4.78 is 0. The summed E-state index contributed by atoms with van der Waals surface area (Å²) >= 11 is 0. The van der Waals surface area contributed by atoms with Crippen molar-refractivity contribution in [3.8, 4) is 0 Å². The molecule has 0 unspecified atom stereocenters. The van der Waals surface area contributed by atoms with Crippen molar-refractivity contribution in [2.24, 2.45) is 5.41 Å². The van der Waals surface area contributed by atoms with Gasteiger partial charge in [-0.3, -0.25) is 4.79 Å². The second-order valence-corrected chi connectivity index (χ2v) is 5.15. The van der Waals surface area contributed by atoms with E-state index in [1.807, 2.05) is 6.92 Å². The minimum Gasteiger partial charge on any atom is -0.396 e. The molecule has 1 aromatic rings. The van der Waals surface area contributed by atoms with Crippen molar-refractivity contribution in [2.45, 2.75) is 39.0 Å². The first kappa shape index (κ1) is 13.1. The van der Waals surface area contributed by atoms with Crippen LogP contribution in [0.25, 0.3) is 0 Å². The van der Waals surface area contributed by atoms with E-state index in [0.29, 0.717) is 24.6 Å². The minimum absolute atomic E-state index is 0.0311. The van der Waals surface area contributed by atoms with Crippen LogP contribution in [0, 0.1) is 5.41 Å². The molecule has 5 nitrogen and oxygen atoms in total. The molecule has 0 aromatic carbocycles. The molecular weight excluding hydrogens is 230 g/mol. The van der Waals surface area contributed by atoms with Crippen LogP contribution in [-0.2, 0) is 6.42 Å². The SMILES string of the molecule is CCc1nc(NCC2(CO)CCCC2)cc(=O)[nH]1. The van der Waals surface area contributed by atoms with E-state index in [0.717, 1.165) is 12.8 Å². The second kappa shape index (κ2) is 5.52. The normalized spacial score (nSPS) is 17.9. The second-order valence-electron chi connectivity index (χ2n) is 5.15. The van der Waals surface area contributed by atoms with Gasteiger partial charge in [0.1, 0.15) is 11.6 Å². The van der Waals surface area contributed by atoms with Crippen LogP contribution in [0.1, 0.15) is 38.4 Å². The summed E-state index contributed by atoms with van der Waals surface area (Å²) in [4.78, 5) is 18.5. The van der Waals surface area contributed by atoms with E-state index >= 15 is 0 Å². The van der Waals surface area contributed by atoms with Crippen molar-refractivity contribution in [1.82, 2.24) is 9.97 Å². The standard InChI is InChI=1S/C13H21N3O2/c1-2-10-15-11(7-12(18)16-10)14-8-13(9-17)5-3-4-6-13/h7,17H,2-6,8-9H2,1H3,(H2,14,15,16,18). The lowest BCUT2D eigenvalue weighted by Crippen LogP contribution is -2.31. The zero-order valence-electron chi connectivity index (χ0n) is 10.8. The Bertz CT molecular complexity index is 450. The van der Waals surface area contributed by atoms with E-state index in [-0.39, 0.29) is 17.6 Å². The molecule has 0 amide bonds. The third kappa shape index (κ3) is 2.90. The van der Waals surface area contributed by atoms with Crippen molar-refractivity contribution in [2.75, 3.05) is 18.5 Å². The summed E-state index contributed by atoms with van der Waals surface area (Å²) in [5.41, 5.74) is -0.162. The Labute approximate surface area is 107 Å². The molecule has 1 fully saturated rings. The number of nitrogens with zero attached hydrogens (tertiary/aromatic N) is 1. The van der Waals surface area contributed by atoms with Crippen molar-refractivity contribution in [1.29, 1.82) is 0 Å². The summed E-state index contributed by atoms with van der Waals surface area (Å²) in [5.74, 6) is 1.30. The Hall–Kier alpha value is -1.36. The molecule has 1 heterocycles. The van der Waals surface area contributed by atoms with Gasteiger partial charge in [-0.15, -0.1) is 0 Å². The lowest BCUT2D eigenvalue weighted by Gasteiger charge is -2.26. The summed E-state index contributed by atoms with van der Waals surface area (Å²) in [6.07, 6.45) is 5.13. The van der Waals surface area contributed by atoms with E-state index in [1.165, 1.54) is 18.9 Å². The van der Waals surface area contributed by atoms with E-state index < -0.39 is 0 Å². The Morgan fingerprint density at radius 3 is 2.83 bits per heavy atom. The molecule has 0 saturated heterocycles. The van der Waals surface area contributed by atoms with Crippen molar-refractivity contribution in [3.63, 3.8) is 0 Å². The fraction of sp³-hybridized carbons (Fsp3) is 0.692. The van der Waals surface area contributed by atoms with Crippen LogP contribution in [0.2, 0.25) is 0 Å². The van der Waals surface area contributed by atoms with Crippen LogP contribution in [0.15, 0.2) is 10.9 Å². The van der Waals surface area contributed by atoms with E-state index in [2.05, 4.69) is 15.3 Å². The molecule has 1 aliphatic rings. The molecule has 0 aliphatic heterocycles. The molecule has 1 aliphatic carbocycles. The summed E-state index contributed by atoms with van der Waals surface area (Å²) in [6, 6.07) is 1.47. The zero-order valence-corrected chi connectivity index (χ0v) is 10.8. The van der Waals surface area contributed by atoms with Crippen molar-refractivity contribution >= 4 is 5.82 Å². The van der Waals surface area contributed by atoms with Crippen molar-refractivity contribution in [3.05, 3.63) is 22.2 Å². The number of aryl methyl sites for hydroxylation is 1. The molecule has 0 spiro atoms. The smallest absolute Gasteiger partial charge is 0.252 e. The Kier molecular flexibility index (Phi) is 4.01. The molecule has 1 aromatic heterocycles. The highest BCUT2D eigenvalue weighted by Crippen LogP contribution is 2.37. The monoisotopic (exact) mass is 251 g/mol. The van der Waals surface area contributed by atoms with Gasteiger partial charge in [-0.1, -0.05) is 19.8 Å². The molecule has 0 bridgehead atoms. The van der Waals surface area contributed by atoms with Gasteiger partial charge >= 0.3 is 0 Å². The Balaban J connectivity index is 2.05. The van der Waals surface area contributed by atoms with Gasteiger partial charge in [-0.05, 0) is 12.8 Å². The number of aromatic amines is 1. The fourth-order valence-electron chi connectivity index (χ4n) is 2.56. The quantitative estimate of drug-likeness (QED) is 0.737. The van der Waals surface area contributed by atoms with Crippen LogP contribution in [0.4, 0.5) is 5.82 Å². The first-order valence-electron chi connectivity index (χ1n) is 6.62. The maximum atomic E-state index is 11.4. The first-order valence-corrected chi connectivity index (χ1v) is 6.62. The van der Waals surface area contributed by atoms with E-state index in [1.54, 1.807) is 0 Å². The van der Waals surface area contributed by atoms with Gasteiger partial charge in [-0.2, -0.15) is 0 Å². The number of rotatable bonds is 5. The Morgan fingerprint density at radius 1 is 1.50 bits per heavy atom. The summed E-state index contributed by atoms with van der Waals surface area (Å²) in [7, 11) is 0. The van der Waals surface area contributed by atoms with Crippen molar-refractivity contribution < 1.29 is 5.11 Å². The number of aliphatic hydroxyl groups is 1. The number of nitrogens with one attached hydrogen (secondary N) is 2. The van der Waals surface area contributed by atoms with Gasteiger partial charge in [0.15, 0.2) is 0 Å². The number of aromatic nitrogens is 2. The van der Waals surface area contributed by atoms with Gasteiger partial charge in [0.05, 0.1) is 6.61 Å². The molecular formula is C13H21N3O2. The minimum atomic E-state index is -0.131. The van der Waals surface area contributed by atoms with Crippen LogP contribution < -0.4 is 10.9 Å². The predicted octanol–water partition coefficient (Wildman–Crippen LogP) is 1.30. The lowest BCUT2D eigenvalue weighted by atomic mass is 9.87. The molecule has 18 heavy (non-hydrogen) atoms. The third-order valence-corrected chi connectivity index (χ3v) is 3.77. The van der Waals surface area contributed by atoms with E-state index in [4.69, 9.17) is 0 Å². The number of aliphatic hydroxyl groups excluding tert-OH is 1. The zero-order chi connectivity index (χ0) is 13.0. The Morgan fingerprint density at radius 2 is 2.22 bits per heavy atom. The van der Waals surface area contributed by atoms with Crippen LogP contribution in [-0.4, -0.2) is 28.2 Å². The fourth-order valence-corrected chi connectivity index (χ4v) is 2.56. The molecule has 5 heteroatoms. The lowest BCUT2D eigenvalue weighted by molar-refractivity contribution is 0.142. The molecule has 1 saturated carbocycles. The molecule has 3 N–H and O–H groups in total. The van der Waals surface area contributed by atoms with Crippen LogP contribution >= 0.6 is 0 Å². The van der Waals surface area contributed by atoms with Gasteiger partial charge < -0.3 is 15.4 Å². The highest BCUT2D eigenvalue weighted by Gasteiger charge is 2.32. The summed E-state index contributed by atoms with van der Waals surface area (Å²) in [5, 5.41) is 12.7. The molecule has 100 valence electrons. The van der Waals surface area contributed by atoms with Gasteiger partial charge in [-0.25, -0.2) is 4.98 Å². The van der Waals surface area contributed by atoms with E-state index in [9.17, 15) is 9.90 Å². The van der Waals surface area contributed by atoms with Crippen LogP contribution in [0.3, 0.4) is 0 Å². The number of hydrogen-bond donors (Lipinski definition) is 3. The molecule has 0 atom stereocenters. The maximum Gasteiger partial charge on any atom is 0.252 e. The average Bonchev–Trinajstić information content (AvgIpc) is 2.85. The first-order chi connectivity index (χ1) is 8.67. The number of H-pyrrole nitrogens is 1. The van der Waals surface area contributed by atoms with Gasteiger partial charge in [0.25, 0.3) is 5.56 Å². The van der Waals surface area contributed by atoms with Crippen LogP contribution in [0.5, 0.6) is 0 Å². The van der Waals surface area contributed by atoms with Gasteiger partial charge in [0.2, 0.25) is 0 Å². The molecule has 0 radical (unpaired) electrons. The highest BCUT2D eigenvalue weighted by atomic mass is 16.3. The molecule has 2 rings (SSSR count). The summed E-state index contributed by atoms with van der Waals surface area (Å²) in [6.45, 7) is 2.83. The predicted molar refractivity (Wildman–Crippen MR) is 70.7 cm³/mol. The topological polar surface area (TPSA) is 78.0 Å². The number of anilines is 1. The number of hydrogen-bond acceptors (Lipinski definition) is 4.